The van der Waals surface area contributed by atoms with E-state index in [-0.39, 0.29) is 13.2 Å². The molecular formula is C16H25FN6O2. The van der Waals surface area contributed by atoms with Gasteiger partial charge in [0.2, 0.25) is 5.82 Å². The number of hydrogen-bond acceptors (Lipinski definition) is 7. The third kappa shape index (κ3) is 9.06. The van der Waals surface area contributed by atoms with E-state index in [1.54, 1.807) is 31.4 Å². The molecular weight excluding hydrogens is 327 g/mol. The van der Waals surface area contributed by atoms with E-state index in [1.807, 2.05) is 13.8 Å². The first-order valence-electron chi connectivity index (χ1n) is 7.59. The van der Waals surface area contributed by atoms with Crippen LogP contribution in [-0.2, 0) is 4.74 Å². The van der Waals surface area contributed by atoms with E-state index in [9.17, 15) is 4.39 Å². The molecule has 0 amide bonds. The van der Waals surface area contributed by atoms with Gasteiger partial charge in [0, 0.05) is 23.9 Å². The minimum absolute atomic E-state index is 0.133. The molecule has 0 bridgehead atoms. The minimum Gasteiger partial charge on any atom is -0.503 e. The molecule has 0 unspecified atom stereocenters. The molecule has 2 rings (SSSR count). The van der Waals surface area contributed by atoms with Crippen LogP contribution >= 0.6 is 0 Å². The monoisotopic (exact) mass is 352 g/mol. The number of hydrogen-bond donors (Lipinski definition) is 3. The lowest BCUT2D eigenvalue weighted by molar-refractivity contribution is 0.337. The molecule has 25 heavy (non-hydrogen) atoms. The zero-order valence-electron chi connectivity index (χ0n) is 14.6. The summed E-state index contributed by atoms with van der Waals surface area (Å²) in [5, 5.41) is 13.6. The van der Waals surface area contributed by atoms with Crippen molar-refractivity contribution in [1.29, 1.82) is 0 Å². The lowest BCUT2D eigenvalue weighted by Crippen LogP contribution is -2.10. The van der Waals surface area contributed by atoms with Crippen LogP contribution in [0.2, 0.25) is 0 Å². The quantitative estimate of drug-likeness (QED) is 0.680. The van der Waals surface area contributed by atoms with Crippen molar-refractivity contribution in [2.75, 3.05) is 20.3 Å². The van der Waals surface area contributed by atoms with Crippen molar-refractivity contribution in [2.45, 2.75) is 13.8 Å². The van der Waals surface area contributed by atoms with E-state index in [2.05, 4.69) is 25.4 Å². The number of nitrogens with one attached hydrogen (secondary N) is 1. The summed E-state index contributed by atoms with van der Waals surface area (Å²) < 4.78 is 22.0. The van der Waals surface area contributed by atoms with Gasteiger partial charge in [-0.3, -0.25) is 0 Å². The first-order valence-corrected chi connectivity index (χ1v) is 7.59. The van der Waals surface area contributed by atoms with Crippen LogP contribution in [0, 0.1) is 0 Å². The minimum atomic E-state index is 0.133. The molecule has 0 radical (unpaired) electrons. The smallest absolute Gasteiger partial charge is 0.204 e. The van der Waals surface area contributed by atoms with Crippen LogP contribution in [0.25, 0.3) is 11.4 Å². The molecule has 1 aromatic carbocycles. The van der Waals surface area contributed by atoms with Gasteiger partial charge in [0.05, 0.1) is 19.7 Å². The van der Waals surface area contributed by atoms with Crippen LogP contribution in [0.15, 0.2) is 48.6 Å². The molecule has 1 heterocycles. The Morgan fingerprint density at radius 1 is 1.28 bits per heavy atom. The highest BCUT2D eigenvalue weighted by Crippen LogP contribution is 2.18. The molecule has 2 aromatic rings. The lowest BCUT2D eigenvalue weighted by Gasteiger charge is -2.07. The Hall–Kier alpha value is -2.94. The van der Waals surface area contributed by atoms with Gasteiger partial charge in [-0.15, -0.1) is 10.2 Å². The summed E-state index contributed by atoms with van der Waals surface area (Å²) in [4.78, 5) is 0. The number of halogens is 1. The van der Waals surface area contributed by atoms with Gasteiger partial charge in [-0.2, -0.15) is 5.21 Å². The summed E-state index contributed by atoms with van der Waals surface area (Å²) in [6, 6.07) is 7.08. The maximum atomic E-state index is 12.3. The maximum Gasteiger partial charge on any atom is 0.204 e. The molecule has 0 fully saturated rings. The number of tetrazole rings is 1. The van der Waals surface area contributed by atoms with Crippen molar-refractivity contribution in [1.82, 2.24) is 20.6 Å². The number of rotatable bonds is 6. The van der Waals surface area contributed by atoms with Crippen molar-refractivity contribution in [2.24, 2.45) is 11.5 Å². The fourth-order valence-corrected chi connectivity index (χ4v) is 1.37. The van der Waals surface area contributed by atoms with Crippen molar-refractivity contribution in [3.63, 3.8) is 0 Å². The molecule has 0 aliphatic heterocycles. The third-order valence-corrected chi connectivity index (χ3v) is 2.51. The van der Waals surface area contributed by atoms with Crippen molar-refractivity contribution < 1.29 is 13.9 Å². The Kier molecular flexibility index (Phi) is 12.9. The van der Waals surface area contributed by atoms with Crippen LogP contribution in [0.1, 0.15) is 13.8 Å². The van der Waals surface area contributed by atoms with Gasteiger partial charge >= 0.3 is 0 Å². The summed E-state index contributed by atoms with van der Waals surface area (Å²) in [7, 11) is 1.54. The fourth-order valence-electron chi connectivity index (χ4n) is 1.37. The van der Waals surface area contributed by atoms with Crippen LogP contribution in [0.3, 0.4) is 0 Å². The molecule has 8 nitrogen and oxygen atoms in total. The second-order valence-electron chi connectivity index (χ2n) is 4.08. The molecule has 0 saturated carbocycles. The molecule has 9 heteroatoms. The number of methoxy groups -OCH3 is 1. The summed E-state index contributed by atoms with van der Waals surface area (Å²) >= 11 is 0. The van der Waals surface area contributed by atoms with E-state index in [0.29, 0.717) is 23.5 Å². The van der Waals surface area contributed by atoms with Crippen LogP contribution < -0.4 is 16.2 Å². The highest BCUT2D eigenvalue weighted by Gasteiger charge is 2.03. The number of aromatic amines is 1. The normalized spacial score (nSPS) is 10.4. The highest BCUT2D eigenvalue weighted by molar-refractivity contribution is 5.54. The Morgan fingerprint density at radius 3 is 2.36 bits per heavy atom. The average Bonchev–Trinajstić information content (AvgIpc) is 3.21. The zero-order valence-corrected chi connectivity index (χ0v) is 14.6. The molecule has 138 valence electrons. The van der Waals surface area contributed by atoms with Crippen LogP contribution in [0.5, 0.6) is 5.75 Å². The second-order valence-corrected chi connectivity index (χ2v) is 4.08. The SMILES string of the molecule is CC.CO/C=C\N.NC/C(=C/F)COc1ccc(-c2nn[nH]n2)cc1. The lowest BCUT2D eigenvalue weighted by atomic mass is 10.2. The Morgan fingerprint density at radius 2 is 1.96 bits per heavy atom. The summed E-state index contributed by atoms with van der Waals surface area (Å²) in [6.45, 7) is 4.27. The standard InChI is InChI=1S/C11H12FN5O.C3H7NO.C2H6/c12-5-8(6-13)7-18-10-3-1-9(2-4-10)11-14-16-17-15-11;1-5-3-2-4;1-2/h1-5H,6-7,13H2,(H,14,15,16,17);2-3H,4H2,1H3;1-2H3/b8-5-;3-2-;. The van der Waals surface area contributed by atoms with Gasteiger partial charge in [-0.05, 0) is 29.5 Å². The fraction of sp³-hybridized carbons (Fsp3) is 0.312. The van der Waals surface area contributed by atoms with E-state index in [4.69, 9.17) is 16.2 Å². The first kappa shape index (κ1) is 22.1. The number of H-pyrrole nitrogens is 1. The van der Waals surface area contributed by atoms with Crippen molar-refractivity contribution in [3.8, 4) is 17.1 Å². The molecule has 1 aromatic heterocycles. The second kappa shape index (κ2) is 14.6. The van der Waals surface area contributed by atoms with Gasteiger partial charge in [0.1, 0.15) is 12.4 Å². The van der Waals surface area contributed by atoms with Gasteiger partial charge in [0.15, 0.2) is 0 Å². The summed E-state index contributed by atoms with van der Waals surface area (Å²) in [5.74, 6) is 1.13. The number of benzene rings is 1. The zero-order chi connectivity index (χ0) is 18.9. The molecule has 0 spiro atoms. The van der Waals surface area contributed by atoms with E-state index in [1.165, 1.54) is 12.5 Å². The molecule has 5 N–H and O–H groups in total. The van der Waals surface area contributed by atoms with Gasteiger partial charge in [0.25, 0.3) is 0 Å². The van der Waals surface area contributed by atoms with Crippen molar-refractivity contribution >= 4 is 0 Å². The average molecular weight is 352 g/mol. The third-order valence-electron chi connectivity index (χ3n) is 2.51. The largest absolute Gasteiger partial charge is 0.503 e. The van der Waals surface area contributed by atoms with Gasteiger partial charge < -0.3 is 20.9 Å². The highest BCUT2D eigenvalue weighted by atomic mass is 19.1. The number of ether oxygens (including phenoxy) is 2. The van der Waals surface area contributed by atoms with E-state index >= 15 is 0 Å². The maximum absolute atomic E-state index is 12.3. The predicted octanol–water partition coefficient (Wildman–Crippen LogP) is 2.15. The predicted molar refractivity (Wildman–Crippen MR) is 95.0 cm³/mol. The summed E-state index contributed by atoms with van der Waals surface area (Å²) in [5.41, 5.74) is 11.4. The molecule has 0 saturated heterocycles. The Bertz CT molecular complexity index is 600. The van der Waals surface area contributed by atoms with Gasteiger partial charge in [-0.1, -0.05) is 13.8 Å². The first-order chi connectivity index (χ1) is 12.2. The molecule has 0 aliphatic rings. The van der Waals surface area contributed by atoms with E-state index < -0.39 is 0 Å². The molecule has 0 atom stereocenters. The van der Waals surface area contributed by atoms with Crippen LogP contribution in [-0.4, -0.2) is 40.9 Å². The Labute approximate surface area is 146 Å². The topological polar surface area (TPSA) is 125 Å². The molecule has 0 aliphatic carbocycles. The number of aromatic nitrogens is 4. The van der Waals surface area contributed by atoms with Crippen molar-refractivity contribution in [3.05, 3.63) is 48.6 Å². The van der Waals surface area contributed by atoms with Gasteiger partial charge in [-0.25, -0.2) is 4.39 Å². The summed E-state index contributed by atoms with van der Waals surface area (Å²) in [6.07, 6.45) is 3.20. The number of nitrogens with zero attached hydrogens (tertiary/aromatic N) is 3. The van der Waals surface area contributed by atoms with Crippen LogP contribution in [0.4, 0.5) is 4.39 Å². The van der Waals surface area contributed by atoms with E-state index in [0.717, 1.165) is 5.56 Å². The Balaban J connectivity index is 0.000000710. The number of nitrogens with two attached hydrogens (primary N) is 2.